The van der Waals surface area contributed by atoms with Crippen LogP contribution in [0, 0.1) is 34.5 Å². The number of hydrogen-bond donors (Lipinski definition) is 0. The summed E-state index contributed by atoms with van der Waals surface area (Å²) in [6.07, 6.45) is 9.45. The van der Waals surface area contributed by atoms with Gasteiger partial charge in [-0.05, 0) is 66.6 Å². The molecule has 0 bridgehead atoms. The zero-order chi connectivity index (χ0) is 14.8. The topological polar surface area (TPSA) is 34.1 Å². The molecule has 0 amide bonds. The van der Waals surface area contributed by atoms with E-state index in [0.29, 0.717) is 34.2 Å². The van der Waals surface area contributed by atoms with Gasteiger partial charge in [-0.1, -0.05) is 13.8 Å². The summed E-state index contributed by atoms with van der Waals surface area (Å²) in [7, 11) is 0. The molecule has 4 aliphatic carbocycles. The highest BCUT2D eigenvalue weighted by Crippen LogP contribution is 2.65. The number of fused-ring (bicyclic) bond motifs is 5. The highest BCUT2D eigenvalue weighted by atomic mass is 16.1. The fourth-order valence-electron chi connectivity index (χ4n) is 6.82. The van der Waals surface area contributed by atoms with Crippen LogP contribution in [0.4, 0.5) is 0 Å². The Hall–Kier alpha value is -0.660. The molecule has 0 aromatic heterocycles. The van der Waals surface area contributed by atoms with Crippen molar-refractivity contribution < 1.29 is 9.59 Å². The van der Waals surface area contributed by atoms with E-state index in [1.807, 2.05) is 0 Å². The van der Waals surface area contributed by atoms with E-state index in [4.69, 9.17) is 0 Å². The molecule has 4 aliphatic rings. The summed E-state index contributed by atoms with van der Waals surface area (Å²) in [5.41, 5.74) is 0.676. The Labute approximate surface area is 128 Å². The summed E-state index contributed by atoms with van der Waals surface area (Å²) in [6, 6.07) is 0. The van der Waals surface area contributed by atoms with Gasteiger partial charge < -0.3 is 0 Å². The van der Waals surface area contributed by atoms with Gasteiger partial charge in [0.25, 0.3) is 0 Å². The van der Waals surface area contributed by atoms with E-state index < -0.39 is 0 Å². The van der Waals surface area contributed by atoms with Gasteiger partial charge in [-0.15, -0.1) is 0 Å². The van der Waals surface area contributed by atoms with E-state index in [-0.39, 0.29) is 0 Å². The van der Waals surface area contributed by atoms with E-state index in [0.717, 1.165) is 43.9 Å². The average Bonchev–Trinajstić information content (AvgIpc) is 2.74. The second-order valence-corrected chi connectivity index (χ2v) is 9.01. The third-order valence-electron chi connectivity index (χ3n) is 8.05. The van der Waals surface area contributed by atoms with Crippen LogP contribution in [0.5, 0.6) is 0 Å². The number of hydrogen-bond acceptors (Lipinski definition) is 2. The molecular formula is C19H28O2. The summed E-state index contributed by atoms with van der Waals surface area (Å²) in [5, 5.41) is 0. The van der Waals surface area contributed by atoms with E-state index in [2.05, 4.69) is 13.8 Å². The number of ketones is 2. The van der Waals surface area contributed by atoms with Crippen molar-refractivity contribution in [3.63, 3.8) is 0 Å². The number of carbonyl (C=O) groups is 2. The maximum atomic E-state index is 12.1. The van der Waals surface area contributed by atoms with Crippen LogP contribution in [0.3, 0.4) is 0 Å². The molecule has 6 atom stereocenters. The van der Waals surface area contributed by atoms with E-state index >= 15 is 0 Å². The van der Waals surface area contributed by atoms with Crippen molar-refractivity contribution in [2.45, 2.75) is 71.6 Å². The molecule has 21 heavy (non-hydrogen) atoms. The minimum Gasteiger partial charge on any atom is -0.300 e. The zero-order valence-corrected chi connectivity index (χ0v) is 13.5. The normalized spacial score (nSPS) is 53.0. The third kappa shape index (κ3) is 1.90. The van der Waals surface area contributed by atoms with Crippen LogP contribution in [-0.2, 0) is 9.59 Å². The molecule has 0 radical (unpaired) electrons. The van der Waals surface area contributed by atoms with Crippen molar-refractivity contribution in [1.29, 1.82) is 0 Å². The zero-order valence-electron chi connectivity index (χ0n) is 13.5. The van der Waals surface area contributed by atoms with Crippen molar-refractivity contribution in [1.82, 2.24) is 0 Å². The average molecular weight is 288 g/mol. The summed E-state index contributed by atoms with van der Waals surface area (Å²) < 4.78 is 0. The Morgan fingerprint density at radius 3 is 2.52 bits per heavy atom. The first-order chi connectivity index (χ1) is 9.92. The lowest BCUT2D eigenvalue weighted by Crippen LogP contribution is -2.52. The van der Waals surface area contributed by atoms with Crippen LogP contribution < -0.4 is 0 Å². The Morgan fingerprint density at radius 1 is 0.905 bits per heavy atom. The van der Waals surface area contributed by atoms with Crippen molar-refractivity contribution in [3.05, 3.63) is 0 Å². The molecule has 0 spiro atoms. The Morgan fingerprint density at radius 2 is 1.71 bits per heavy atom. The largest absolute Gasteiger partial charge is 0.300 e. The van der Waals surface area contributed by atoms with Crippen LogP contribution >= 0.6 is 0 Å². The number of rotatable bonds is 0. The van der Waals surface area contributed by atoms with Crippen molar-refractivity contribution in [3.8, 4) is 0 Å². The maximum Gasteiger partial charge on any atom is 0.133 e. The van der Waals surface area contributed by atoms with Crippen LogP contribution in [0.25, 0.3) is 0 Å². The Bertz CT molecular complexity index is 496. The molecule has 0 aromatic carbocycles. The molecule has 0 heterocycles. The predicted molar refractivity (Wildman–Crippen MR) is 81.7 cm³/mol. The van der Waals surface area contributed by atoms with Gasteiger partial charge in [0.2, 0.25) is 0 Å². The standard InChI is InChI=1S/C19H28O2/c1-18-7-6-16-15(17(18)10-14(21)11-18)4-3-12-9-13(20)5-8-19(12,16)2/h12,15-17H,3-11H2,1-2H3/t12-,15-,16+,17-,18+,19-/m0/s1. The molecule has 2 nitrogen and oxygen atoms in total. The van der Waals surface area contributed by atoms with Gasteiger partial charge in [-0.25, -0.2) is 0 Å². The quantitative estimate of drug-likeness (QED) is 0.670. The fraction of sp³-hybridized carbons (Fsp3) is 0.895. The van der Waals surface area contributed by atoms with Crippen molar-refractivity contribution in [2.75, 3.05) is 0 Å². The molecular weight excluding hydrogens is 260 g/mol. The highest BCUT2D eigenvalue weighted by Gasteiger charge is 2.59. The minimum absolute atomic E-state index is 0.298. The lowest BCUT2D eigenvalue weighted by atomic mass is 9.45. The number of Topliss-reactive ketones (excluding diaryl/α,β-unsaturated/α-hetero) is 2. The summed E-state index contributed by atoms with van der Waals surface area (Å²) >= 11 is 0. The molecule has 0 aromatic rings. The second-order valence-electron chi connectivity index (χ2n) is 9.01. The summed E-state index contributed by atoms with van der Waals surface area (Å²) in [6.45, 7) is 4.85. The molecule has 4 saturated carbocycles. The SMILES string of the molecule is C[C@]12CC[C@@H]3[C@H](CC[C@H]4CC(=O)CC[C@@]43C)[C@@H]1CC(=O)C2. The van der Waals surface area contributed by atoms with Gasteiger partial charge in [-0.3, -0.25) is 9.59 Å². The molecule has 0 aliphatic heterocycles. The molecule has 0 unspecified atom stereocenters. The van der Waals surface area contributed by atoms with Gasteiger partial charge in [0.05, 0.1) is 0 Å². The lowest BCUT2D eigenvalue weighted by molar-refractivity contribution is -0.137. The van der Waals surface area contributed by atoms with Gasteiger partial charge in [0, 0.05) is 25.7 Å². The van der Waals surface area contributed by atoms with Crippen LogP contribution in [-0.4, -0.2) is 11.6 Å². The summed E-state index contributed by atoms with van der Waals surface area (Å²) in [4.78, 5) is 23.9. The molecule has 0 N–H and O–H groups in total. The first-order valence-corrected chi connectivity index (χ1v) is 8.96. The second kappa shape index (κ2) is 4.43. The summed E-state index contributed by atoms with van der Waals surface area (Å²) in [5.74, 6) is 3.79. The smallest absolute Gasteiger partial charge is 0.133 e. The van der Waals surface area contributed by atoms with Crippen LogP contribution in [0.15, 0.2) is 0 Å². The molecule has 2 heteroatoms. The van der Waals surface area contributed by atoms with E-state index in [1.165, 1.54) is 25.7 Å². The monoisotopic (exact) mass is 288 g/mol. The van der Waals surface area contributed by atoms with Gasteiger partial charge in [0.1, 0.15) is 11.6 Å². The first kappa shape index (κ1) is 14.0. The molecule has 4 rings (SSSR count). The Kier molecular flexibility index (Phi) is 2.94. The maximum absolute atomic E-state index is 12.1. The Balaban J connectivity index is 1.65. The molecule has 116 valence electrons. The van der Waals surface area contributed by atoms with Gasteiger partial charge >= 0.3 is 0 Å². The van der Waals surface area contributed by atoms with E-state index in [1.54, 1.807) is 0 Å². The highest BCUT2D eigenvalue weighted by molar-refractivity contribution is 5.82. The van der Waals surface area contributed by atoms with Gasteiger partial charge in [-0.2, -0.15) is 0 Å². The van der Waals surface area contributed by atoms with E-state index in [9.17, 15) is 9.59 Å². The van der Waals surface area contributed by atoms with Crippen LogP contribution in [0.2, 0.25) is 0 Å². The van der Waals surface area contributed by atoms with Crippen molar-refractivity contribution >= 4 is 11.6 Å². The molecule has 4 fully saturated rings. The van der Waals surface area contributed by atoms with Gasteiger partial charge in [0.15, 0.2) is 0 Å². The van der Waals surface area contributed by atoms with Crippen LogP contribution in [0.1, 0.15) is 71.6 Å². The fourth-order valence-corrected chi connectivity index (χ4v) is 6.82. The minimum atomic E-state index is 0.298. The third-order valence-corrected chi connectivity index (χ3v) is 8.05. The molecule has 0 saturated heterocycles. The predicted octanol–water partition coefficient (Wildman–Crippen LogP) is 4.17. The lowest BCUT2D eigenvalue weighted by Gasteiger charge is -2.59. The first-order valence-electron chi connectivity index (χ1n) is 8.96. The van der Waals surface area contributed by atoms with Crippen molar-refractivity contribution in [2.24, 2.45) is 34.5 Å². The number of carbonyl (C=O) groups excluding carboxylic acids is 2.